The number of hydrogen-bond acceptors (Lipinski definition) is 5. The van der Waals surface area contributed by atoms with Crippen LogP contribution in [0.2, 0.25) is 0 Å². The molecule has 0 spiro atoms. The van der Waals surface area contributed by atoms with Gasteiger partial charge in [-0.05, 0) is 111 Å². The molecule has 1 aromatic carbocycles. The van der Waals surface area contributed by atoms with Gasteiger partial charge in [-0.15, -0.1) is 0 Å². The number of anilines is 2. The Morgan fingerprint density at radius 1 is 1.06 bits per heavy atom. The average Bonchev–Trinajstić information content (AvgIpc) is 2.77. The fourth-order valence-electron chi connectivity index (χ4n) is 4.87. The number of rotatable bonds is 7. The Bertz CT molecular complexity index is 890. The molecular formula is C25H36IN5. The van der Waals surface area contributed by atoms with Gasteiger partial charge in [0.2, 0.25) is 5.95 Å². The van der Waals surface area contributed by atoms with Crippen LogP contribution in [0.5, 0.6) is 0 Å². The van der Waals surface area contributed by atoms with Gasteiger partial charge >= 0.3 is 0 Å². The van der Waals surface area contributed by atoms with Crippen molar-refractivity contribution in [3.8, 4) is 0 Å². The highest BCUT2D eigenvalue weighted by atomic mass is 127. The first kappa shape index (κ1) is 22.8. The van der Waals surface area contributed by atoms with Gasteiger partial charge < -0.3 is 15.5 Å². The van der Waals surface area contributed by atoms with Gasteiger partial charge in [0.1, 0.15) is 5.82 Å². The lowest BCUT2D eigenvalue weighted by Crippen LogP contribution is -2.32. The van der Waals surface area contributed by atoms with Crippen molar-refractivity contribution >= 4 is 34.4 Å². The Hall–Kier alpha value is -1.41. The van der Waals surface area contributed by atoms with Crippen molar-refractivity contribution in [2.75, 3.05) is 30.9 Å². The maximum Gasteiger partial charge on any atom is 0.225 e. The molecule has 2 aliphatic carbocycles. The third-order valence-electron chi connectivity index (χ3n) is 6.76. The number of benzene rings is 1. The summed E-state index contributed by atoms with van der Waals surface area (Å²) in [5.41, 5.74) is 5.36. The third-order valence-corrected chi connectivity index (χ3v) is 7.93. The standard InChI is InChI=1S/C25H36IN5/c1-17-8-9-19(14-22(17)26)16-27-15-18-10-12-20(13-11-18)28-25-29-23-7-5-4-6-21(23)24(30-25)31(2)3/h8-9,14,18,20,27H,4-7,10-13,15-16H2,1-3H3,(H,28,29,30)/t18-,20+. The fourth-order valence-corrected chi connectivity index (χ4v) is 5.45. The summed E-state index contributed by atoms with van der Waals surface area (Å²) < 4.78 is 1.35. The molecule has 1 saturated carbocycles. The van der Waals surface area contributed by atoms with Gasteiger partial charge in [0.05, 0.1) is 5.69 Å². The molecule has 168 valence electrons. The number of nitrogens with one attached hydrogen (secondary N) is 2. The third kappa shape index (κ3) is 5.89. The maximum atomic E-state index is 4.90. The van der Waals surface area contributed by atoms with Crippen molar-refractivity contribution < 1.29 is 0 Å². The van der Waals surface area contributed by atoms with Crippen molar-refractivity contribution in [1.29, 1.82) is 0 Å². The lowest BCUT2D eigenvalue weighted by atomic mass is 9.86. The minimum atomic E-state index is 0.492. The molecule has 0 saturated heterocycles. The molecule has 1 heterocycles. The Kier molecular flexibility index (Phi) is 7.69. The van der Waals surface area contributed by atoms with E-state index in [0.717, 1.165) is 43.6 Å². The number of aryl methyl sites for hydroxylation is 2. The van der Waals surface area contributed by atoms with Crippen molar-refractivity contribution in [3.05, 3.63) is 44.2 Å². The van der Waals surface area contributed by atoms with Crippen LogP contribution in [0.25, 0.3) is 0 Å². The van der Waals surface area contributed by atoms with Gasteiger partial charge in [-0.2, -0.15) is 4.98 Å². The quantitative estimate of drug-likeness (QED) is 0.486. The number of aromatic nitrogens is 2. The van der Waals surface area contributed by atoms with E-state index in [1.54, 1.807) is 0 Å². The van der Waals surface area contributed by atoms with Crippen LogP contribution in [-0.4, -0.2) is 36.6 Å². The Balaban J connectivity index is 1.26. The topological polar surface area (TPSA) is 53.1 Å². The number of fused-ring (bicyclic) bond motifs is 1. The summed E-state index contributed by atoms with van der Waals surface area (Å²) in [7, 11) is 4.19. The van der Waals surface area contributed by atoms with Gasteiger partial charge in [0.25, 0.3) is 0 Å². The zero-order valence-electron chi connectivity index (χ0n) is 19.2. The average molecular weight is 534 g/mol. The molecule has 0 unspecified atom stereocenters. The van der Waals surface area contributed by atoms with Crippen LogP contribution >= 0.6 is 22.6 Å². The van der Waals surface area contributed by atoms with E-state index in [0.29, 0.717) is 6.04 Å². The van der Waals surface area contributed by atoms with Crippen LogP contribution in [-0.2, 0) is 19.4 Å². The summed E-state index contributed by atoms with van der Waals surface area (Å²) in [5.74, 6) is 2.71. The summed E-state index contributed by atoms with van der Waals surface area (Å²) >= 11 is 2.43. The summed E-state index contributed by atoms with van der Waals surface area (Å²) in [6, 6.07) is 7.25. The molecule has 6 heteroatoms. The molecule has 4 rings (SSSR count). The van der Waals surface area contributed by atoms with E-state index in [9.17, 15) is 0 Å². The second-order valence-corrected chi connectivity index (χ2v) is 10.6. The monoisotopic (exact) mass is 533 g/mol. The van der Waals surface area contributed by atoms with E-state index >= 15 is 0 Å². The molecular weight excluding hydrogens is 497 g/mol. The van der Waals surface area contributed by atoms with Crippen LogP contribution in [0.15, 0.2) is 18.2 Å². The fraction of sp³-hybridized carbons (Fsp3) is 0.600. The van der Waals surface area contributed by atoms with Gasteiger partial charge in [-0.25, -0.2) is 4.98 Å². The largest absolute Gasteiger partial charge is 0.362 e. The number of nitrogens with zero attached hydrogens (tertiary/aromatic N) is 3. The predicted molar refractivity (Wildman–Crippen MR) is 138 cm³/mol. The van der Waals surface area contributed by atoms with Crippen LogP contribution in [0.1, 0.15) is 60.9 Å². The van der Waals surface area contributed by atoms with Crippen molar-refractivity contribution in [3.63, 3.8) is 0 Å². The molecule has 0 bridgehead atoms. The van der Waals surface area contributed by atoms with Gasteiger partial charge in [-0.1, -0.05) is 12.1 Å². The Morgan fingerprint density at radius 2 is 1.84 bits per heavy atom. The molecule has 2 aromatic rings. The van der Waals surface area contributed by atoms with Crippen molar-refractivity contribution in [1.82, 2.24) is 15.3 Å². The summed E-state index contributed by atoms with van der Waals surface area (Å²) in [6.45, 7) is 4.24. The van der Waals surface area contributed by atoms with Crippen LogP contribution in [0, 0.1) is 16.4 Å². The van der Waals surface area contributed by atoms with E-state index in [-0.39, 0.29) is 0 Å². The van der Waals surface area contributed by atoms with Gasteiger partial charge in [-0.3, -0.25) is 0 Å². The normalized spacial score (nSPS) is 20.9. The molecule has 0 amide bonds. The van der Waals surface area contributed by atoms with Crippen molar-refractivity contribution in [2.24, 2.45) is 5.92 Å². The Labute approximate surface area is 201 Å². The van der Waals surface area contributed by atoms with E-state index in [4.69, 9.17) is 9.97 Å². The lowest BCUT2D eigenvalue weighted by Gasteiger charge is -2.30. The first-order valence-corrected chi connectivity index (χ1v) is 12.9. The highest BCUT2D eigenvalue weighted by Gasteiger charge is 2.24. The molecule has 31 heavy (non-hydrogen) atoms. The maximum absolute atomic E-state index is 4.90. The SMILES string of the molecule is Cc1ccc(CNC[C@H]2CC[C@@H](Nc3nc4c(c(N(C)C)n3)CCCC4)CC2)cc1I. The molecule has 0 aliphatic heterocycles. The minimum Gasteiger partial charge on any atom is -0.362 e. The van der Waals surface area contributed by atoms with Crippen LogP contribution < -0.4 is 15.5 Å². The van der Waals surface area contributed by atoms with E-state index in [2.05, 4.69) is 77.3 Å². The second kappa shape index (κ2) is 10.5. The first-order valence-electron chi connectivity index (χ1n) is 11.8. The minimum absolute atomic E-state index is 0.492. The lowest BCUT2D eigenvalue weighted by molar-refractivity contribution is 0.323. The van der Waals surface area contributed by atoms with Gasteiger partial charge in [0, 0.05) is 35.8 Å². The summed E-state index contributed by atoms with van der Waals surface area (Å²) in [4.78, 5) is 11.9. The number of halogens is 1. The molecule has 5 nitrogen and oxygen atoms in total. The van der Waals surface area contributed by atoms with Crippen molar-refractivity contribution in [2.45, 2.75) is 70.9 Å². The molecule has 1 aromatic heterocycles. The van der Waals surface area contributed by atoms with Crippen LogP contribution in [0.3, 0.4) is 0 Å². The second-order valence-electron chi connectivity index (χ2n) is 9.47. The summed E-state index contributed by atoms with van der Waals surface area (Å²) in [5, 5.41) is 7.35. The zero-order valence-corrected chi connectivity index (χ0v) is 21.3. The number of hydrogen-bond donors (Lipinski definition) is 2. The Morgan fingerprint density at radius 3 is 2.58 bits per heavy atom. The summed E-state index contributed by atoms with van der Waals surface area (Å²) in [6.07, 6.45) is 9.64. The molecule has 1 fully saturated rings. The zero-order chi connectivity index (χ0) is 21.8. The van der Waals surface area contributed by atoms with Crippen LogP contribution in [0.4, 0.5) is 11.8 Å². The van der Waals surface area contributed by atoms with E-state index < -0.39 is 0 Å². The van der Waals surface area contributed by atoms with Gasteiger partial charge in [0.15, 0.2) is 0 Å². The van der Waals surface area contributed by atoms with E-state index in [1.807, 2.05) is 0 Å². The smallest absolute Gasteiger partial charge is 0.225 e. The molecule has 0 atom stereocenters. The highest BCUT2D eigenvalue weighted by Crippen LogP contribution is 2.30. The molecule has 0 radical (unpaired) electrons. The van der Waals surface area contributed by atoms with E-state index in [1.165, 1.54) is 64.5 Å². The molecule has 2 N–H and O–H groups in total. The molecule has 2 aliphatic rings. The highest BCUT2D eigenvalue weighted by molar-refractivity contribution is 14.1. The first-order chi connectivity index (χ1) is 15.0. The predicted octanol–water partition coefficient (Wildman–Crippen LogP) is 5.09.